The van der Waals surface area contributed by atoms with E-state index in [4.69, 9.17) is 4.74 Å². The third-order valence-electron chi connectivity index (χ3n) is 5.26. The van der Waals surface area contributed by atoms with Crippen molar-refractivity contribution in [2.45, 2.75) is 89.6 Å². The molecule has 0 saturated carbocycles. The van der Waals surface area contributed by atoms with Gasteiger partial charge < -0.3 is 28.7 Å². The number of hydrogen-bond acceptors (Lipinski definition) is 8. The average Bonchev–Trinajstić information content (AvgIpc) is 3.09. The van der Waals surface area contributed by atoms with Crippen LogP contribution in [-0.2, 0) is 13.8 Å². The van der Waals surface area contributed by atoms with Gasteiger partial charge in [0.2, 0.25) is 0 Å². The molecule has 1 unspecified atom stereocenters. The summed E-state index contributed by atoms with van der Waals surface area (Å²) in [5, 5.41) is 10.0. The molecule has 2 rings (SSSR count). The number of aromatic amines is 1. The van der Waals surface area contributed by atoms with E-state index in [-0.39, 0.29) is 71.1 Å². The molecular weight excluding hydrogens is 485 g/mol. The zero-order valence-corrected chi connectivity index (χ0v) is 25.2. The Morgan fingerprint density at radius 3 is 2.41 bits per heavy atom. The number of aliphatic hydroxyl groups excluding tert-OH is 1. The van der Waals surface area contributed by atoms with E-state index in [1.165, 1.54) is 38.3 Å². The third kappa shape index (κ3) is 12.5. The SMILES string of the molecule is CCCCCCCCCCC#Cc1cn([C@H]2CC(O)[C@@H](COP(=O)([O-])[O-])O2)c(=O)[nH]c1=O.[Na+].[Na+]. The molecule has 0 spiro atoms. The van der Waals surface area contributed by atoms with Gasteiger partial charge in [-0.3, -0.25) is 14.3 Å². The second-order valence-corrected chi connectivity index (χ2v) is 9.06. The van der Waals surface area contributed by atoms with Gasteiger partial charge in [-0.15, -0.1) is 0 Å². The Balaban J connectivity index is 0.00000544. The molecule has 3 atom stereocenters. The zero-order valence-electron chi connectivity index (χ0n) is 20.3. The van der Waals surface area contributed by atoms with Crippen molar-refractivity contribution in [2.24, 2.45) is 0 Å². The molecule has 34 heavy (non-hydrogen) atoms. The molecule has 10 nitrogen and oxygen atoms in total. The number of unbranched alkanes of at least 4 members (excludes halogenated alkanes) is 8. The molecule has 0 bridgehead atoms. The van der Waals surface area contributed by atoms with E-state index in [1.807, 2.05) is 0 Å². The van der Waals surface area contributed by atoms with Crippen molar-refractivity contribution in [2.75, 3.05) is 6.61 Å². The molecular formula is C21H31N2Na2O8P. The van der Waals surface area contributed by atoms with Crippen molar-refractivity contribution in [1.29, 1.82) is 0 Å². The molecule has 0 amide bonds. The summed E-state index contributed by atoms with van der Waals surface area (Å²) in [6.07, 6.45) is 8.07. The normalized spacial score (nSPS) is 19.6. The molecule has 0 aromatic carbocycles. The van der Waals surface area contributed by atoms with Crippen LogP contribution < -0.4 is 80.2 Å². The van der Waals surface area contributed by atoms with Gasteiger partial charge >= 0.3 is 64.8 Å². The third-order valence-corrected chi connectivity index (χ3v) is 5.72. The number of nitrogens with zero attached hydrogens (tertiary/aromatic N) is 1. The second-order valence-electron chi connectivity index (χ2n) is 7.91. The Morgan fingerprint density at radius 1 is 1.18 bits per heavy atom. The first-order chi connectivity index (χ1) is 15.2. The number of ether oxygens (including phenoxy) is 1. The molecule has 1 fully saturated rings. The molecule has 2 heterocycles. The van der Waals surface area contributed by atoms with Crippen molar-refractivity contribution in [3.8, 4) is 11.8 Å². The molecule has 1 aliphatic heterocycles. The van der Waals surface area contributed by atoms with E-state index in [0.717, 1.165) is 23.8 Å². The van der Waals surface area contributed by atoms with Crippen molar-refractivity contribution < 1.29 is 87.8 Å². The summed E-state index contributed by atoms with van der Waals surface area (Å²) in [7, 11) is -5.22. The van der Waals surface area contributed by atoms with Crippen LogP contribution in [0.4, 0.5) is 0 Å². The topological polar surface area (TPSA) is 157 Å². The van der Waals surface area contributed by atoms with Crippen LogP contribution in [0.15, 0.2) is 15.8 Å². The second kappa shape index (κ2) is 17.7. The van der Waals surface area contributed by atoms with Crippen LogP contribution in [0.5, 0.6) is 0 Å². The van der Waals surface area contributed by atoms with Gasteiger partial charge in [0.25, 0.3) is 5.56 Å². The summed E-state index contributed by atoms with van der Waals surface area (Å²) in [4.78, 5) is 47.6. The van der Waals surface area contributed by atoms with E-state index >= 15 is 0 Å². The Bertz CT molecular complexity index is 953. The van der Waals surface area contributed by atoms with E-state index in [9.17, 15) is 29.0 Å². The van der Waals surface area contributed by atoms with E-state index in [2.05, 4.69) is 28.3 Å². The van der Waals surface area contributed by atoms with Crippen LogP contribution in [0.3, 0.4) is 0 Å². The maximum atomic E-state index is 12.2. The van der Waals surface area contributed by atoms with Crippen molar-refractivity contribution >= 4 is 7.82 Å². The Labute approximate surface area is 244 Å². The maximum Gasteiger partial charge on any atom is 1.00 e. The first-order valence-electron chi connectivity index (χ1n) is 11.1. The number of rotatable bonds is 12. The Morgan fingerprint density at radius 2 is 1.79 bits per heavy atom. The molecule has 1 aromatic rings. The van der Waals surface area contributed by atoms with Crippen LogP contribution >= 0.6 is 7.82 Å². The number of hydrogen-bond donors (Lipinski definition) is 2. The monoisotopic (exact) mass is 516 g/mol. The molecule has 180 valence electrons. The minimum absolute atomic E-state index is 0. The fourth-order valence-corrected chi connectivity index (χ4v) is 3.82. The number of phosphoric acid groups is 1. The van der Waals surface area contributed by atoms with Crippen LogP contribution in [0, 0.1) is 11.8 Å². The Hall–Kier alpha value is 0.270. The predicted octanol–water partition coefficient (Wildman–Crippen LogP) is -5.08. The predicted molar refractivity (Wildman–Crippen MR) is 114 cm³/mol. The fraction of sp³-hybridized carbons (Fsp3) is 0.714. The largest absolute Gasteiger partial charge is 1.00 e. The molecule has 1 aliphatic rings. The van der Waals surface area contributed by atoms with Crippen LogP contribution in [0.2, 0.25) is 0 Å². The number of nitrogens with one attached hydrogen (secondary N) is 1. The van der Waals surface area contributed by atoms with Gasteiger partial charge in [-0.2, -0.15) is 0 Å². The van der Waals surface area contributed by atoms with Gasteiger partial charge in [0.05, 0.1) is 20.5 Å². The van der Waals surface area contributed by atoms with Gasteiger partial charge in [0.15, 0.2) is 0 Å². The molecule has 0 radical (unpaired) electrons. The Kier molecular flexibility index (Phi) is 17.8. The summed E-state index contributed by atoms with van der Waals surface area (Å²) in [6.45, 7) is 1.53. The number of aliphatic hydroxyl groups is 1. The average molecular weight is 516 g/mol. The van der Waals surface area contributed by atoms with Crippen molar-refractivity contribution in [3.05, 3.63) is 32.6 Å². The summed E-state index contributed by atoms with van der Waals surface area (Å²) in [6, 6.07) is 0. The fourth-order valence-electron chi connectivity index (χ4n) is 3.49. The standard InChI is InChI=1S/C21H33N2O8P.2Na/c1-2-3-4-5-6-7-8-9-10-11-12-16-14-23(21(26)22-20(16)25)19-13-17(24)18(31-19)15-30-32(27,28)29;;/h14,17-19,24H,2-10,13,15H2,1H3,(H,22,25,26)(H2,27,28,29);;/q;2*+1/p-2/t17?,18-,19-;;/m1../s1. The number of aromatic nitrogens is 2. The molecule has 2 N–H and O–H groups in total. The van der Waals surface area contributed by atoms with Gasteiger partial charge in [-0.1, -0.05) is 63.7 Å². The summed E-state index contributed by atoms with van der Waals surface area (Å²) in [5.41, 5.74) is -1.28. The van der Waals surface area contributed by atoms with Crippen molar-refractivity contribution in [1.82, 2.24) is 9.55 Å². The van der Waals surface area contributed by atoms with Crippen molar-refractivity contribution in [3.63, 3.8) is 0 Å². The summed E-state index contributed by atoms with van der Waals surface area (Å²) < 4.78 is 21.3. The van der Waals surface area contributed by atoms with E-state index in [1.54, 1.807) is 0 Å². The van der Waals surface area contributed by atoms with Gasteiger partial charge in [0.1, 0.15) is 17.9 Å². The smallest absolute Gasteiger partial charge is 0.790 e. The quantitative estimate of drug-likeness (QED) is 0.121. The molecule has 13 heteroatoms. The maximum absolute atomic E-state index is 12.2. The van der Waals surface area contributed by atoms with Crippen LogP contribution in [0.1, 0.15) is 82.9 Å². The van der Waals surface area contributed by atoms with E-state index in [0.29, 0.717) is 6.42 Å². The van der Waals surface area contributed by atoms with Crippen LogP contribution in [-0.4, -0.2) is 33.5 Å². The molecule has 1 aromatic heterocycles. The van der Waals surface area contributed by atoms with Crippen LogP contribution in [0.25, 0.3) is 0 Å². The van der Waals surface area contributed by atoms with E-state index < -0.39 is 44.1 Å². The molecule has 0 aliphatic carbocycles. The first-order valence-corrected chi connectivity index (χ1v) is 12.5. The summed E-state index contributed by atoms with van der Waals surface area (Å²) >= 11 is 0. The van der Waals surface area contributed by atoms with Gasteiger partial charge in [-0.25, -0.2) is 4.79 Å². The first kappa shape index (κ1) is 34.3. The minimum atomic E-state index is -5.22. The van der Waals surface area contributed by atoms with Gasteiger partial charge in [0, 0.05) is 19.0 Å². The minimum Gasteiger partial charge on any atom is -0.790 e. The zero-order chi connectivity index (χ0) is 23.6. The summed E-state index contributed by atoms with van der Waals surface area (Å²) in [5.74, 6) is 5.72. The molecule has 1 saturated heterocycles. The number of phosphoric ester groups is 1. The number of H-pyrrole nitrogens is 1. The van der Waals surface area contributed by atoms with Gasteiger partial charge in [-0.05, 0) is 6.42 Å².